The predicted octanol–water partition coefficient (Wildman–Crippen LogP) is 5.45. The molecule has 0 bridgehead atoms. The third-order valence-electron chi connectivity index (χ3n) is 4.59. The Morgan fingerprint density at radius 1 is 1.24 bits per heavy atom. The summed E-state index contributed by atoms with van der Waals surface area (Å²) in [6.45, 7) is 9.29. The van der Waals surface area contributed by atoms with Crippen LogP contribution in [0.1, 0.15) is 61.1 Å². The van der Waals surface area contributed by atoms with E-state index in [0.29, 0.717) is 11.6 Å². The van der Waals surface area contributed by atoms with E-state index in [1.807, 2.05) is 11.4 Å². The van der Waals surface area contributed by atoms with Crippen molar-refractivity contribution in [2.24, 2.45) is 5.92 Å². The summed E-state index contributed by atoms with van der Waals surface area (Å²) in [6, 6.07) is 6.21. The Bertz CT molecular complexity index is 696. The van der Waals surface area contributed by atoms with Gasteiger partial charge < -0.3 is 10.6 Å². The molecule has 0 saturated carbocycles. The van der Waals surface area contributed by atoms with Gasteiger partial charge in [0.05, 0.1) is 0 Å². The number of aromatic nitrogens is 1. The highest BCUT2D eigenvalue weighted by Gasteiger charge is 2.13. The lowest BCUT2D eigenvalue weighted by atomic mass is 9.99. The van der Waals surface area contributed by atoms with Gasteiger partial charge in [-0.1, -0.05) is 39.2 Å². The van der Waals surface area contributed by atoms with Crippen molar-refractivity contribution in [3.8, 4) is 0 Å². The lowest BCUT2D eigenvalue weighted by Gasteiger charge is -2.14. The highest BCUT2D eigenvalue weighted by Crippen LogP contribution is 2.23. The smallest absolute Gasteiger partial charge is 0.270 e. The van der Waals surface area contributed by atoms with Crippen LogP contribution in [0, 0.1) is 19.8 Å². The highest BCUT2D eigenvalue weighted by atomic mass is 32.1. The second kappa shape index (κ2) is 9.56. The molecule has 1 unspecified atom stereocenters. The molecule has 0 aliphatic carbocycles. The molecule has 0 saturated heterocycles. The van der Waals surface area contributed by atoms with E-state index >= 15 is 0 Å². The number of anilines is 2. The number of unbranched alkanes of at least 4 members (excludes halogenated alkanes) is 1. The number of amides is 1. The monoisotopic (exact) mass is 359 g/mol. The molecule has 1 atom stereocenters. The van der Waals surface area contributed by atoms with E-state index < -0.39 is 0 Å². The Morgan fingerprint density at radius 2 is 2.04 bits per heavy atom. The summed E-state index contributed by atoms with van der Waals surface area (Å²) >= 11 is 1.45. The second-order valence-electron chi connectivity index (χ2n) is 6.59. The van der Waals surface area contributed by atoms with Gasteiger partial charge in [0, 0.05) is 17.6 Å². The molecular formula is C20H29N3OS. The molecule has 1 aromatic heterocycles. The van der Waals surface area contributed by atoms with Crippen LogP contribution >= 0.6 is 11.3 Å². The largest absolute Gasteiger partial charge is 0.350 e. The van der Waals surface area contributed by atoms with Crippen molar-refractivity contribution in [1.29, 1.82) is 0 Å². The number of benzene rings is 1. The van der Waals surface area contributed by atoms with Crippen LogP contribution in [-0.4, -0.2) is 17.4 Å². The summed E-state index contributed by atoms with van der Waals surface area (Å²) < 4.78 is 0. The third kappa shape index (κ3) is 5.85. The maximum Gasteiger partial charge on any atom is 0.270 e. The SMILES string of the molecule is CCCCC(CC)CNC(=O)c1csc(Nc2ccc(C)c(C)c2)n1. The molecule has 1 aromatic carbocycles. The van der Waals surface area contributed by atoms with E-state index in [9.17, 15) is 4.79 Å². The molecule has 0 radical (unpaired) electrons. The van der Waals surface area contributed by atoms with E-state index in [1.165, 1.54) is 41.7 Å². The van der Waals surface area contributed by atoms with E-state index in [-0.39, 0.29) is 5.91 Å². The summed E-state index contributed by atoms with van der Waals surface area (Å²) in [5.41, 5.74) is 3.98. The molecule has 0 aliphatic heterocycles. The first-order chi connectivity index (χ1) is 12.0. The number of thiazole rings is 1. The molecule has 0 fully saturated rings. The van der Waals surface area contributed by atoms with Crippen molar-refractivity contribution in [2.75, 3.05) is 11.9 Å². The van der Waals surface area contributed by atoms with Crippen molar-refractivity contribution >= 4 is 28.1 Å². The first kappa shape index (κ1) is 19.4. The fourth-order valence-corrected chi connectivity index (χ4v) is 3.36. The minimum atomic E-state index is -0.0839. The minimum Gasteiger partial charge on any atom is -0.350 e. The number of aryl methyl sites for hydroxylation is 2. The van der Waals surface area contributed by atoms with E-state index in [0.717, 1.165) is 23.8 Å². The van der Waals surface area contributed by atoms with Crippen LogP contribution in [0.2, 0.25) is 0 Å². The number of carbonyl (C=O) groups excluding carboxylic acids is 1. The normalized spacial score (nSPS) is 12.0. The van der Waals surface area contributed by atoms with E-state index in [1.54, 1.807) is 0 Å². The second-order valence-corrected chi connectivity index (χ2v) is 7.45. The third-order valence-corrected chi connectivity index (χ3v) is 5.35. The zero-order chi connectivity index (χ0) is 18.2. The van der Waals surface area contributed by atoms with Crippen LogP contribution in [-0.2, 0) is 0 Å². The van der Waals surface area contributed by atoms with Crippen molar-refractivity contribution in [1.82, 2.24) is 10.3 Å². The standard InChI is InChI=1S/C20H29N3OS/c1-5-7-8-16(6-2)12-21-19(24)18-13-25-20(23-18)22-17-10-9-14(3)15(4)11-17/h9-11,13,16H,5-8,12H2,1-4H3,(H,21,24)(H,22,23). The first-order valence-corrected chi connectivity index (χ1v) is 9.99. The average Bonchev–Trinajstić information content (AvgIpc) is 3.07. The van der Waals surface area contributed by atoms with Gasteiger partial charge in [0.1, 0.15) is 5.69 Å². The summed E-state index contributed by atoms with van der Waals surface area (Å²) in [5.74, 6) is 0.468. The van der Waals surface area contributed by atoms with Crippen molar-refractivity contribution in [2.45, 2.75) is 53.4 Å². The number of carbonyl (C=O) groups is 1. The lowest BCUT2D eigenvalue weighted by Crippen LogP contribution is -2.29. The highest BCUT2D eigenvalue weighted by molar-refractivity contribution is 7.14. The van der Waals surface area contributed by atoms with Gasteiger partial charge in [0.25, 0.3) is 5.91 Å². The average molecular weight is 360 g/mol. The van der Waals surface area contributed by atoms with Crippen LogP contribution < -0.4 is 10.6 Å². The van der Waals surface area contributed by atoms with Gasteiger partial charge in [-0.15, -0.1) is 11.3 Å². The van der Waals surface area contributed by atoms with Gasteiger partial charge >= 0.3 is 0 Å². The van der Waals surface area contributed by atoms with Gasteiger partial charge in [0.15, 0.2) is 5.13 Å². The van der Waals surface area contributed by atoms with Crippen molar-refractivity contribution < 1.29 is 4.79 Å². The Balaban J connectivity index is 1.91. The Morgan fingerprint density at radius 3 is 2.72 bits per heavy atom. The van der Waals surface area contributed by atoms with Gasteiger partial charge in [-0.2, -0.15) is 0 Å². The molecule has 2 N–H and O–H groups in total. The van der Waals surface area contributed by atoms with Gasteiger partial charge in [-0.05, 0) is 49.4 Å². The lowest BCUT2D eigenvalue weighted by molar-refractivity contribution is 0.0941. The maximum absolute atomic E-state index is 12.3. The number of hydrogen-bond donors (Lipinski definition) is 2. The number of nitrogens with zero attached hydrogens (tertiary/aromatic N) is 1. The van der Waals surface area contributed by atoms with Crippen molar-refractivity contribution in [3.05, 3.63) is 40.4 Å². The number of hydrogen-bond acceptors (Lipinski definition) is 4. The predicted molar refractivity (Wildman–Crippen MR) is 107 cm³/mol. The van der Waals surface area contributed by atoms with Crippen LogP contribution in [0.4, 0.5) is 10.8 Å². The zero-order valence-electron chi connectivity index (χ0n) is 15.7. The zero-order valence-corrected chi connectivity index (χ0v) is 16.5. The quantitative estimate of drug-likeness (QED) is 0.626. The van der Waals surface area contributed by atoms with Crippen LogP contribution in [0.5, 0.6) is 0 Å². The number of nitrogens with one attached hydrogen (secondary N) is 2. The molecule has 25 heavy (non-hydrogen) atoms. The first-order valence-electron chi connectivity index (χ1n) is 9.11. The summed E-state index contributed by atoms with van der Waals surface area (Å²) in [4.78, 5) is 16.7. The molecular weight excluding hydrogens is 330 g/mol. The molecule has 136 valence electrons. The van der Waals surface area contributed by atoms with Crippen molar-refractivity contribution in [3.63, 3.8) is 0 Å². The molecule has 2 aromatic rings. The summed E-state index contributed by atoms with van der Waals surface area (Å²) in [6.07, 6.45) is 4.68. The molecule has 4 nitrogen and oxygen atoms in total. The van der Waals surface area contributed by atoms with Crippen LogP contribution in [0.3, 0.4) is 0 Å². The molecule has 1 amide bonds. The minimum absolute atomic E-state index is 0.0839. The molecule has 5 heteroatoms. The Kier molecular flexibility index (Phi) is 7.44. The van der Waals surface area contributed by atoms with Gasteiger partial charge in [0.2, 0.25) is 0 Å². The molecule has 1 heterocycles. The number of rotatable bonds is 9. The van der Waals surface area contributed by atoms with E-state index in [4.69, 9.17) is 0 Å². The fraction of sp³-hybridized carbons (Fsp3) is 0.500. The van der Waals surface area contributed by atoms with Crippen LogP contribution in [0.25, 0.3) is 0 Å². The fourth-order valence-electron chi connectivity index (χ4n) is 2.65. The summed E-state index contributed by atoms with van der Waals surface area (Å²) in [7, 11) is 0. The maximum atomic E-state index is 12.3. The van der Waals surface area contributed by atoms with Crippen LogP contribution in [0.15, 0.2) is 23.6 Å². The molecule has 0 aliphatic rings. The Labute approximate surface area is 155 Å². The Hall–Kier alpha value is -1.88. The van der Waals surface area contributed by atoms with Gasteiger partial charge in [-0.25, -0.2) is 4.98 Å². The van der Waals surface area contributed by atoms with Gasteiger partial charge in [-0.3, -0.25) is 4.79 Å². The topological polar surface area (TPSA) is 54.0 Å². The molecule has 2 rings (SSSR count). The summed E-state index contributed by atoms with van der Waals surface area (Å²) in [5, 5.41) is 8.86. The molecule has 0 spiro atoms. The van der Waals surface area contributed by atoms with E-state index in [2.05, 4.69) is 55.4 Å².